The molecule has 0 aliphatic heterocycles. The Labute approximate surface area is 94.2 Å². The monoisotopic (exact) mass is 227 g/mol. The molecule has 2 N–H and O–H groups in total. The summed E-state index contributed by atoms with van der Waals surface area (Å²) in [6, 6.07) is 5.33. The van der Waals surface area contributed by atoms with Gasteiger partial charge in [0.25, 0.3) is 0 Å². The molecule has 3 nitrogen and oxygen atoms in total. The highest BCUT2D eigenvalue weighted by Gasteiger charge is 2.10. The van der Waals surface area contributed by atoms with Gasteiger partial charge in [-0.05, 0) is 37.1 Å². The summed E-state index contributed by atoms with van der Waals surface area (Å²) < 4.78 is 4.59. The Morgan fingerprint density at radius 2 is 2.27 bits per heavy atom. The lowest BCUT2D eigenvalue weighted by Crippen LogP contribution is -2.03. The smallest absolute Gasteiger partial charge is 0.339 e. The molecule has 0 bridgehead atoms. The molecule has 0 aliphatic carbocycles. The minimum absolute atomic E-state index is 0.399. The predicted octanol–water partition coefficient (Wildman–Crippen LogP) is 2.02. The fourth-order valence-electron chi connectivity index (χ4n) is 1.30. The third-order valence-corrected chi connectivity index (χ3v) is 2.42. The number of benzene rings is 1. The highest BCUT2D eigenvalue weighted by molar-refractivity contribution is 6.33. The number of rotatable bonds is 4. The Balaban J connectivity index is 2.83. The van der Waals surface area contributed by atoms with Gasteiger partial charge in [0.1, 0.15) is 0 Å². The Hall–Kier alpha value is -1.06. The SMILES string of the molecule is COC(=O)c1ccc(CCCN)cc1Cl. The molecule has 0 atom stereocenters. The summed E-state index contributed by atoms with van der Waals surface area (Å²) >= 11 is 5.95. The van der Waals surface area contributed by atoms with Crippen LogP contribution in [0.5, 0.6) is 0 Å². The van der Waals surface area contributed by atoms with Crippen LogP contribution in [-0.4, -0.2) is 19.6 Å². The highest BCUT2D eigenvalue weighted by atomic mass is 35.5. The number of nitrogens with two attached hydrogens (primary N) is 1. The molecule has 0 fully saturated rings. The van der Waals surface area contributed by atoms with Crippen LogP contribution in [0.15, 0.2) is 18.2 Å². The molecular formula is C11H14ClNO2. The van der Waals surface area contributed by atoms with Crippen molar-refractivity contribution in [3.05, 3.63) is 34.3 Å². The minimum Gasteiger partial charge on any atom is -0.465 e. The zero-order valence-electron chi connectivity index (χ0n) is 8.63. The number of carbonyl (C=O) groups is 1. The molecule has 0 aliphatic rings. The molecule has 0 unspecified atom stereocenters. The van der Waals surface area contributed by atoms with Crippen LogP contribution >= 0.6 is 11.6 Å². The first-order chi connectivity index (χ1) is 7.19. The number of carbonyl (C=O) groups excluding carboxylic acids is 1. The van der Waals surface area contributed by atoms with Crippen LogP contribution in [0, 0.1) is 0 Å². The molecule has 1 rings (SSSR count). The average Bonchev–Trinajstić information content (AvgIpc) is 2.25. The third kappa shape index (κ3) is 3.22. The van der Waals surface area contributed by atoms with E-state index in [-0.39, 0.29) is 0 Å². The van der Waals surface area contributed by atoms with Crippen molar-refractivity contribution in [1.29, 1.82) is 0 Å². The van der Waals surface area contributed by atoms with Crippen LogP contribution in [-0.2, 0) is 11.2 Å². The average molecular weight is 228 g/mol. The van der Waals surface area contributed by atoms with E-state index in [9.17, 15) is 4.79 Å². The predicted molar refractivity (Wildman–Crippen MR) is 60.2 cm³/mol. The number of hydrogen-bond acceptors (Lipinski definition) is 3. The van der Waals surface area contributed by atoms with Crippen molar-refractivity contribution < 1.29 is 9.53 Å². The van der Waals surface area contributed by atoms with Gasteiger partial charge < -0.3 is 10.5 Å². The molecular weight excluding hydrogens is 214 g/mol. The van der Waals surface area contributed by atoms with Crippen LogP contribution in [0.3, 0.4) is 0 Å². The van der Waals surface area contributed by atoms with Crippen LogP contribution in [0.25, 0.3) is 0 Å². The van der Waals surface area contributed by atoms with E-state index in [0.717, 1.165) is 18.4 Å². The first-order valence-electron chi connectivity index (χ1n) is 4.76. The maximum absolute atomic E-state index is 11.2. The summed E-state index contributed by atoms with van der Waals surface area (Å²) in [6.45, 7) is 0.649. The second-order valence-corrected chi connectivity index (χ2v) is 3.61. The van der Waals surface area contributed by atoms with Gasteiger partial charge in [0, 0.05) is 0 Å². The van der Waals surface area contributed by atoms with E-state index in [4.69, 9.17) is 17.3 Å². The maximum atomic E-state index is 11.2. The molecule has 15 heavy (non-hydrogen) atoms. The molecule has 0 saturated heterocycles. The first-order valence-corrected chi connectivity index (χ1v) is 5.13. The molecule has 0 heterocycles. The second kappa shape index (κ2) is 5.73. The molecule has 1 aromatic carbocycles. The Bertz CT molecular complexity index is 352. The number of esters is 1. The van der Waals surface area contributed by atoms with E-state index in [0.29, 0.717) is 17.1 Å². The topological polar surface area (TPSA) is 52.3 Å². The quantitative estimate of drug-likeness (QED) is 0.801. The van der Waals surface area contributed by atoms with Crippen molar-refractivity contribution in [1.82, 2.24) is 0 Å². The molecule has 0 aromatic heterocycles. The minimum atomic E-state index is -0.412. The maximum Gasteiger partial charge on any atom is 0.339 e. The molecule has 4 heteroatoms. The third-order valence-electron chi connectivity index (χ3n) is 2.11. The highest BCUT2D eigenvalue weighted by Crippen LogP contribution is 2.19. The lowest BCUT2D eigenvalue weighted by atomic mass is 10.1. The van der Waals surface area contributed by atoms with E-state index in [1.165, 1.54) is 7.11 Å². The van der Waals surface area contributed by atoms with Crippen molar-refractivity contribution in [2.24, 2.45) is 5.73 Å². The van der Waals surface area contributed by atoms with Gasteiger partial charge in [-0.3, -0.25) is 0 Å². The summed E-state index contributed by atoms with van der Waals surface area (Å²) in [5.41, 5.74) is 6.89. The summed E-state index contributed by atoms with van der Waals surface area (Å²) in [4.78, 5) is 11.2. The molecule has 0 saturated carbocycles. The zero-order chi connectivity index (χ0) is 11.3. The Kier molecular flexibility index (Phi) is 4.59. The molecule has 0 spiro atoms. The number of hydrogen-bond donors (Lipinski definition) is 1. The summed E-state index contributed by atoms with van der Waals surface area (Å²) in [5.74, 6) is -0.412. The molecule has 0 amide bonds. The van der Waals surface area contributed by atoms with Gasteiger partial charge in [0.05, 0.1) is 17.7 Å². The van der Waals surface area contributed by atoms with E-state index < -0.39 is 5.97 Å². The standard InChI is InChI=1S/C11H14ClNO2/c1-15-11(14)9-5-4-8(3-2-6-13)7-10(9)12/h4-5,7H,2-3,6,13H2,1H3. The number of aryl methyl sites for hydroxylation is 1. The first kappa shape index (κ1) is 12.0. The van der Waals surface area contributed by atoms with Crippen molar-refractivity contribution in [3.63, 3.8) is 0 Å². The van der Waals surface area contributed by atoms with Crippen molar-refractivity contribution in [2.45, 2.75) is 12.8 Å². The normalized spacial score (nSPS) is 10.1. The van der Waals surface area contributed by atoms with E-state index >= 15 is 0 Å². The van der Waals surface area contributed by atoms with E-state index in [1.807, 2.05) is 6.07 Å². The van der Waals surface area contributed by atoms with Crippen LogP contribution in [0.1, 0.15) is 22.3 Å². The molecule has 82 valence electrons. The summed E-state index contributed by atoms with van der Waals surface area (Å²) in [7, 11) is 1.33. The Morgan fingerprint density at radius 1 is 1.53 bits per heavy atom. The van der Waals surface area contributed by atoms with Gasteiger partial charge in [-0.2, -0.15) is 0 Å². The lowest BCUT2D eigenvalue weighted by molar-refractivity contribution is 0.0601. The van der Waals surface area contributed by atoms with Gasteiger partial charge in [-0.15, -0.1) is 0 Å². The number of halogens is 1. The van der Waals surface area contributed by atoms with Gasteiger partial charge >= 0.3 is 5.97 Å². The van der Waals surface area contributed by atoms with Gasteiger partial charge in [-0.25, -0.2) is 4.79 Å². The summed E-state index contributed by atoms with van der Waals surface area (Å²) in [6.07, 6.45) is 1.78. The van der Waals surface area contributed by atoms with Crippen molar-refractivity contribution in [2.75, 3.05) is 13.7 Å². The van der Waals surface area contributed by atoms with Gasteiger partial charge in [-0.1, -0.05) is 17.7 Å². The van der Waals surface area contributed by atoms with Gasteiger partial charge in [0.15, 0.2) is 0 Å². The lowest BCUT2D eigenvalue weighted by Gasteiger charge is -2.05. The Morgan fingerprint density at radius 3 is 2.80 bits per heavy atom. The van der Waals surface area contributed by atoms with E-state index in [2.05, 4.69) is 4.74 Å². The van der Waals surface area contributed by atoms with Crippen molar-refractivity contribution in [3.8, 4) is 0 Å². The van der Waals surface area contributed by atoms with Crippen molar-refractivity contribution >= 4 is 17.6 Å². The largest absolute Gasteiger partial charge is 0.465 e. The summed E-state index contributed by atoms with van der Waals surface area (Å²) in [5, 5.41) is 0.427. The van der Waals surface area contributed by atoms with Gasteiger partial charge in [0.2, 0.25) is 0 Å². The van der Waals surface area contributed by atoms with Crippen LogP contribution in [0.4, 0.5) is 0 Å². The fourth-order valence-corrected chi connectivity index (χ4v) is 1.58. The number of ether oxygens (including phenoxy) is 1. The number of methoxy groups -OCH3 is 1. The fraction of sp³-hybridized carbons (Fsp3) is 0.364. The van der Waals surface area contributed by atoms with Crippen LogP contribution < -0.4 is 5.73 Å². The zero-order valence-corrected chi connectivity index (χ0v) is 9.38. The van der Waals surface area contributed by atoms with Crippen LogP contribution in [0.2, 0.25) is 5.02 Å². The molecule has 1 aromatic rings. The second-order valence-electron chi connectivity index (χ2n) is 3.20. The van der Waals surface area contributed by atoms with E-state index in [1.54, 1.807) is 12.1 Å². The molecule has 0 radical (unpaired) electrons.